The highest BCUT2D eigenvalue weighted by atomic mass is 79.9. The van der Waals surface area contributed by atoms with Crippen LogP contribution in [0.15, 0.2) is 12.1 Å². The molecule has 2 saturated carbocycles. The zero-order chi connectivity index (χ0) is 15.6. The fourth-order valence-electron chi connectivity index (χ4n) is 5.52. The molecular weight excluding hydrogens is 347 g/mol. The van der Waals surface area contributed by atoms with Crippen LogP contribution in [0.3, 0.4) is 0 Å². The van der Waals surface area contributed by atoms with Crippen LogP contribution >= 0.6 is 15.9 Å². The van der Waals surface area contributed by atoms with Gasteiger partial charge in [-0.1, -0.05) is 22.9 Å². The molecule has 2 fully saturated rings. The predicted molar refractivity (Wildman–Crippen MR) is 86.8 cm³/mol. The van der Waals surface area contributed by atoms with Crippen molar-refractivity contribution in [2.45, 2.75) is 55.9 Å². The third-order valence-corrected chi connectivity index (χ3v) is 7.60. The van der Waals surface area contributed by atoms with E-state index in [2.05, 4.69) is 22.9 Å². The minimum atomic E-state index is -0.502. The Morgan fingerprint density at radius 2 is 2.09 bits per heavy atom. The quantitative estimate of drug-likeness (QED) is 0.676. The van der Waals surface area contributed by atoms with Crippen molar-refractivity contribution < 1.29 is 14.6 Å². The van der Waals surface area contributed by atoms with Gasteiger partial charge in [0.15, 0.2) is 11.6 Å². The molecule has 0 heterocycles. The number of rotatable bonds is 0. The number of phenols is 1. The van der Waals surface area contributed by atoms with E-state index < -0.39 is 5.82 Å². The zero-order valence-electron chi connectivity index (χ0n) is 12.7. The molecule has 3 aliphatic carbocycles. The van der Waals surface area contributed by atoms with Gasteiger partial charge in [0.2, 0.25) is 0 Å². The molecule has 0 aromatic heterocycles. The molecule has 0 radical (unpaired) electrons. The monoisotopic (exact) mass is 368 g/mol. The molecule has 0 saturated heterocycles. The number of aliphatic hydroxyl groups excluding tert-OH is 1. The Balaban J connectivity index is 1.73. The normalized spacial score (nSPS) is 43.4. The molecule has 0 amide bonds. The lowest BCUT2D eigenvalue weighted by Gasteiger charge is -2.50. The maximum atomic E-state index is 13.8. The summed E-state index contributed by atoms with van der Waals surface area (Å²) >= 11 is 3.66. The zero-order valence-corrected chi connectivity index (χ0v) is 14.3. The van der Waals surface area contributed by atoms with Gasteiger partial charge in [-0.3, -0.25) is 0 Å². The molecule has 6 atom stereocenters. The van der Waals surface area contributed by atoms with Gasteiger partial charge in [-0.15, -0.1) is 0 Å². The largest absolute Gasteiger partial charge is 0.505 e. The molecule has 0 spiro atoms. The Labute approximate surface area is 138 Å². The molecule has 4 heteroatoms. The van der Waals surface area contributed by atoms with Crippen molar-refractivity contribution in [1.82, 2.24) is 0 Å². The Hall–Kier alpha value is -0.610. The fourth-order valence-corrected chi connectivity index (χ4v) is 6.53. The van der Waals surface area contributed by atoms with Crippen LogP contribution in [0.2, 0.25) is 0 Å². The van der Waals surface area contributed by atoms with Crippen LogP contribution in [0.5, 0.6) is 5.75 Å². The maximum absolute atomic E-state index is 13.8. The van der Waals surface area contributed by atoms with Gasteiger partial charge in [0.05, 0.1) is 6.10 Å². The summed E-state index contributed by atoms with van der Waals surface area (Å²) < 4.78 is 13.8. The summed E-state index contributed by atoms with van der Waals surface area (Å²) in [5, 5.41) is 20.2. The first-order valence-corrected chi connectivity index (χ1v) is 9.17. The van der Waals surface area contributed by atoms with E-state index in [-0.39, 0.29) is 22.1 Å². The molecule has 2 nitrogen and oxygen atoms in total. The molecule has 0 unspecified atom stereocenters. The Morgan fingerprint density at radius 1 is 1.32 bits per heavy atom. The number of hydrogen-bond donors (Lipinski definition) is 2. The van der Waals surface area contributed by atoms with Crippen molar-refractivity contribution in [3.05, 3.63) is 29.1 Å². The number of aryl methyl sites for hydroxylation is 1. The summed E-state index contributed by atoms with van der Waals surface area (Å²) in [4.78, 5) is 0.180. The van der Waals surface area contributed by atoms with Crippen LogP contribution in [0.4, 0.5) is 4.39 Å². The van der Waals surface area contributed by atoms with Gasteiger partial charge in [0.25, 0.3) is 0 Å². The van der Waals surface area contributed by atoms with Crippen molar-refractivity contribution in [2.75, 3.05) is 0 Å². The fraction of sp³-hybridized carbons (Fsp3) is 0.667. The number of aliphatic hydroxyl groups is 1. The number of benzene rings is 1. The number of aromatic hydroxyl groups is 1. The number of phenolic OH excluding ortho intramolecular Hbond substituents is 1. The van der Waals surface area contributed by atoms with Crippen LogP contribution in [0.1, 0.15) is 49.7 Å². The Kier molecular flexibility index (Phi) is 3.36. The lowest BCUT2D eigenvalue weighted by molar-refractivity contribution is -0.0213. The highest BCUT2D eigenvalue weighted by molar-refractivity contribution is 9.09. The molecular formula is C18H22BrFO2. The number of halogens is 2. The van der Waals surface area contributed by atoms with Crippen molar-refractivity contribution in [3.63, 3.8) is 0 Å². The average Bonchev–Trinajstić information content (AvgIpc) is 2.72. The molecule has 1 aromatic carbocycles. The molecule has 2 N–H and O–H groups in total. The van der Waals surface area contributed by atoms with Gasteiger partial charge in [0.1, 0.15) is 0 Å². The van der Waals surface area contributed by atoms with Crippen molar-refractivity contribution in [3.8, 4) is 5.75 Å². The van der Waals surface area contributed by atoms with Gasteiger partial charge in [-0.25, -0.2) is 4.39 Å². The number of fused-ring (bicyclic) bond motifs is 5. The molecule has 1 aromatic rings. The second-order valence-corrected chi connectivity index (χ2v) is 8.84. The maximum Gasteiger partial charge on any atom is 0.165 e. The van der Waals surface area contributed by atoms with E-state index in [1.807, 2.05) is 0 Å². The molecule has 3 aliphatic rings. The Bertz CT molecular complexity index is 619. The van der Waals surface area contributed by atoms with Gasteiger partial charge in [-0.2, -0.15) is 0 Å². The lowest BCUT2D eigenvalue weighted by atomic mass is 9.55. The predicted octanol–water partition coefficient (Wildman–Crippen LogP) is 4.12. The average molecular weight is 369 g/mol. The highest BCUT2D eigenvalue weighted by Crippen LogP contribution is 2.62. The standard InChI is InChI=1S/C18H22BrFO2/c1-18-5-4-10-11(13(18)8-14(19)17(18)22)3-2-9-6-16(21)15(20)7-12(9)10/h6-7,10-11,13-14,17,21-22H,2-5,8H2,1H3/t10-,11+,13-,14-,17-,18-/m0/s1. The summed E-state index contributed by atoms with van der Waals surface area (Å²) in [6.45, 7) is 2.23. The SMILES string of the molecule is C[C@]12CC[C@@H]3c4cc(F)c(O)cc4CC[C@H]3[C@@H]1C[C@H](Br)[C@@H]2O. The third-order valence-electron chi connectivity index (χ3n) is 6.73. The summed E-state index contributed by atoms with van der Waals surface area (Å²) in [7, 11) is 0. The van der Waals surface area contributed by atoms with Crippen LogP contribution in [0.25, 0.3) is 0 Å². The van der Waals surface area contributed by atoms with E-state index >= 15 is 0 Å². The molecule has 0 bridgehead atoms. The van der Waals surface area contributed by atoms with Crippen LogP contribution in [-0.4, -0.2) is 21.1 Å². The smallest absolute Gasteiger partial charge is 0.165 e. The summed E-state index contributed by atoms with van der Waals surface area (Å²) in [6.07, 6.45) is 4.70. The first kappa shape index (κ1) is 14.9. The first-order chi connectivity index (χ1) is 10.4. The molecule has 0 aliphatic heterocycles. The van der Waals surface area contributed by atoms with Gasteiger partial charge >= 0.3 is 0 Å². The topological polar surface area (TPSA) is 40.5 Å². The van der Waals surface area contributed by atoms with Gasteiger partial charge in [0, 0.05) is 4.83 Å². The van der Waals surface area contributed by atoms with Gasteiger partial charge < -0.3 is 10.2 Å². The van der Waals surface area contributed by atoms with Crippen molar-refractivity contribution in [2.24, 2.45) is 17.3 Å². The van der Waals surface area contributed by atoms with E-state index in [4.69, 9.17) is 0 Å². The van der Waals surface area contributed by atoms with Crippen molar-refractivity contribution in [1.29, 1.82) is 0 Å². The third kappa shape index (κ3) is 1.92. The van der Waals surface area contributed by atoms with Crippen LogP contribution in [0, 0.1) is 23.1 Å². The minimum absolute atomic E-state index is 0.0116. The van der Waals surface area contributed by atoms with Crippen LogP contribution < -0.4 is 0 Å². The lowest BCUT2D eigenvalue weighted by Crippen LogP contribution is -2.44. The number of alkyl halides is 1. The van der Waals surface area contributed by atoms with Crippen LogP contribution in [-0.2, 0) is 6.42 Å². The first-order valence-electron chi connectivity index (χ1n) is 8.25. The molecule has 120 valence electrons. The number of hydrogen-bond acceptors (Lipinski definition) is 2. The van der Waals surface area contributed by atoms with E-state index in [0.717, 1.165) is 43.2 Å². The summed E-state index contributed by atoms with van der Waals surface area (Å²) in [5.74, 6) is 0.664. The minimum Gasteiger partial charge on any atom is -0.505 e. The van der Waals surface area contributed by atoms with E-state index in [9.17, 15) is 14.6 Å². The van der Waals surface area contributed by atoms with E-state index in [0.29, 0.717) is 17.8 Å². The Morgan fingerprint density at radius 3 is 2.86 bits per heavy atom. The molecule has 22 heavy (non-hydrogen) atoms. The van der Waals surface area contributed by atoms with E-state index in [1.54, 1.807) is 12.1 Å². The second-order valence-electron chi connectivity index (χ2n) is 7.66. The highest BCUT2D eigenvalue weighted by Gasteiger charge is 2.57. The van der Waals surface area contributed by atoms with E-state index in [1.165, 1.54) is 0 Å². The summed E-state index contributed by atoms with van der Waals surface area (Å²) in [5.41, 5.74) is 2.20. The molecule has 4 rings (SSSR count). The summed E-state index contributed by atoms with van der Waals surface area (Å²) in [6, 6.07) is 3.17. The van der Waals surface area contributed by atoms with Gasteiger partial charge in [-0.05, 0) is 78.5 Å². The van der Waals surface area contributed by atoms with Crippen molar-refractivity contribution >= 4 is 15.9 Å². The second kappa shape index (κ2) is 4.94.